The van der Waals surface area contributed by atoms with Crippen LogP contribution in [0.3, 0.4) is 0 Å². The average Bonchev–Trinajstić information content (AvgIpc) is 2.65. The minimum atomic E-state index is -0.307. The van der Waals surface area contributed by atoms with Crippen molar-refractivity contribution in [2.24, 2.45) is 4.99 Å². The summed E-state index contributed by atoms with van der Waals surface area (Å²) in [5, 5.41) is 8.70. The summed E-state index contributed by atoms with van der Waals surface area (Å²) in [6.07, 6.45) is 5.35. The number of carbonyl (C=O) groups is 1. The maximum atomic E-state index is 13.7. The van der Waals surface area contributed by atoms with E-state index in [1.54, 1.807) is 42.5 Å². The van der Waals surface area contributed by atoms with Gasteiger partial charge in [-0.25, -0.2) is 9.38 Å². The fourth-order valence-corrected chi connectivity index (χ4v) is 2.19. The number of aliphatic imine (C=N–C) groups is 1. The molecule has 0 radical (unpaired) electrons. The lowest BCUT2D eigenvalue weighted by Gasteiger charge is -2.12. The fraction of sp³-hybridized carbons (Fsp3) is 0.200. The third kappa shape index (κ3) is 7.66. The molecule has 2 aromatic rings. The molecule has 27 heavy (non-hydrogen) atoms. The molecule has 5 nitrogen and oxygen atoms in total. The number of anilines is 1. The van der Waals surface area contributed by atoms with E-state index in [-0.39, 0.29) is 48.8 Å². The van der Waals surface area contributed by atoms with Gasteiger partial charge in [0.15, 0.2) is 5.96 Å². The highest BCUT2D eigenvalue weighted by molar-refractivity contribution is 14.0. The molecule has 7 heteroatoms. The van der Waals surface area contributed by atoms with Gasteiger partial charge in [0.25, 0.3) is 0 Å². The van der Waals surface area contributed by atoms with E-state index in [4.69, 9.17) is 6.42 Å². The van der Waals surface area contributed by atoms with Crippen molar-refractivity contribution >= 4 is 41.5 Å². The molecule has 0 saturated carbocycles. The Morgan fingerprint density at radius 3 is 2.67 bits per heavy atom. The van der Waals surface area contributed by atoms with E-state index in [0.717, 1.165) is 0 Å². The predicted molar refractivity (Wildman–Crippen MR) is 118 cm³/mol. The van der Waals surface area contributed by atoms with Crippen LogP contribution in [0, 0.1) is 18.2 Å². The van der Waals surface area contributed by atoms with Crippen LogP contribution in [0.1, 0.15) is 18.1 Å². The highest BCUT2D eigenvalue weighted by Crippen LogP contribution is 2.09. The highest BCUT2D eigenvalue weighted by atomic mass is 127. The van der Waals surface area contributed by atoms with Gasteiger partial charge >= 0.3 is 0 Å². The summed E-state index contributed by atoms with van der Waals surface area (Å²) in [4.78, 5) is 16.4. The molecule has 2 aromatic carbocycles. The van der Waals surface area contributed by atoms with Crippen LogP contribution in [-0.4, -0.2) is 25.0 Å². The molecular weight excluding hydrogens is 458 g/mol. The van der Waals surface area contributed by atoms with Crippen LogP contribution in [0.2, 0.25) is 0 Å². The number of halogens is 2. The number of benzene rings is 2. The van der Waals surface area contributed by atoms with E-state index in [1.165, 1.54) is 6.07 Å². The van der Waals surface area contributed by atoms with Crippen molar-refractivity contribution in [3.05, 3.63) is 65.5 Å². The van der Waals surface area contributed by atoms with E-state index in [1.807, 2.05) is 6.92 Å². The third-order valence-corrected chi connectivity index (χ3v) is 3.44. The van der Waals surface area contributed by atoms with Gasteiger partial charge in [0.2, 0.25) is 5.91 Å². The van der Waals surface area contributed by atoms with Crippen molar-refractivity contribution in [3.63, 3.8) is 0 Å². The van der Waals surface area contributed by atoms with Gasteiger partial charge in [-0.15, -0.1) is 30.4 Å². The largest absolute Gasteiger partial charge is 0.357 e. The first-order chi connectivity index (χ1) is 12.6. The normalized spacial score (nSPS) is 10.3. The number of nitrogens with one attached hydrogen (secondary N) is 3. The van der Waals surface area contributed by atoms with E-state index in [9.17, 15) is 9.18 Å². The molecule has 0 aliphatic rings. The van der Waals surface area contributed by atoms with Crippen molar-refractivity contribution in [1.29, 1.82) is 0 Å². The van der Waals surface area contributed by atoms with Gasteiger partial charge in [0, 0.05) is 23.4 Å². The molecule has 0 atom stereocenters. The molecule has 0 saturated heterocycles. The second kappa shape index (κ2) is 11.9. The lowest BCUT2D eigenvalue weighted by Crippen LogP contribution is -2.41. The van der Waals surface area contributed by atoms with Gasteiger partial charge in [-0.3, -0.25) is 4.79 Å². The Morgan fingerprint density at radius 1 is 1.19 bits per heavy atom. The summed E-state index contributed by atoms with van der Waals surface area (Å²) < 4.78 is 13.7. The van der Waals surface area contributed by atoms with Gasteiger partial charge < -0.3 is 16.0 Å². The fourth-order valence-electron chi connectivity index (χ4n) is 2.19. The van der Waals surface area contributed by atoms with E-state index in [0.29, 0.717) is 29.3 Å². The summed E-state index contributed by atoms with van der Waals surface area (Å²) in [6.45, 7) is 2.72. The molecule has 1 amide bonds. The zero-order chi connectivity index (χ0) is 18.8. The standard InChI is InChI=1S/C20H21FN4O.HI/c1-3-15-8-7-10-17(12-15)25-19(26)14-24-20(22-4-2)23-13-16-9-5-6-11-18(16)21;/h1,5-12H,4,13-14H2,2H3,(H,25,26)(H2,22,23,24);1H. The Balaban J connectivity index is 0.00000364. The van der Waals surface area contributed by atoms with Crippen LogP contribution < -0.4 is 16.0 Å². The van der Waals surface area contributed by atoms with Crippen molar-refractivity contribution in [2.45, 2.75) is 13.5 Å². The number of amides is 1. The first kappa shape index (κ1) is 22.4. The number of hydrogen-bond donors (Lipinski definition) is 3. The van der Waals surface area contributed by atoms with Gasteiger partial charge in [-0.05, 0) is 31.2 Å². The summed E-state index contributed by atoms with van der Waals surface area (Å²) in [5.41, 5.74) is 1.80. The Labute approximate surface area is 175 Å². The second-order valence-electron chi connectivity index (χ2n) is 5.41. The quantitative estimate of drug-likeness (QED) is 0.258. The number of nitrogens with zero attached hydrogens (tertiary/aromatic N) is 1. The number of terminal acetylenes is 1. The average molecular weight is 480 g/mol. The lowest BCUT2D eigenvalue weighted by molar-refractivity contribution is -0.115. The molecule has 142 valence electrons. The molecular formula is C20H22FIN4O. The molecule has 0 unspecified atom stereocenters. The molecule has 0 fully saturated rings. The van der Waals surface area contributed by atoms with Crippen molar-refractivity contribution in [2.75, 3.05) is 18.4 Å². The van der Waals surface area contributed by atoms with Gasteiger partial charge in [0.05, 0.1) is 13.1 Å². The van der Waals surface area contributed by atoms with Gasteiger partial charge in [-0.1, -0.05) is 30.2 Å². The van der Waals surface area contributed by atoms with Crippen molar-refractivity contribution < 1.29 is 9.18 Å². The van der Waals surface area contributed by atoms with Crippen LogP contribution in [-0.2, 0) is 11.3 Å². The van der Waals surface area contributed by atoms with E-state index in [2.05, 4.69) is 26.9 Å². The number of guanidine groups is 1. The minimum absolute atomic E-state index is 0. The van der Waals surface area contributed by atoms with Crippen LogP contribution in [0.15, 0.2) is 53.5 Å². The summed E-state index contributed by atoms with van der Waals surface area (Å²) in [5.74, 6) is 2.40. The summed E-state index contributed by atoms with van der Waals surface area (Å²) >= 11 is 0. The first-order valence-electron chi connectivity index (χ1n) is 8.24. The molecule has 0 aromatic heterocycles. The lowest BCUT2D eigenvalue weighted by atomic mass is 10.2. The maximum Gasteiger partial charge on any atom is 0.243 e. The number of carbonyl (C=O) groups excluding carboxylic acids is 1. The maximum absolute atomic E-state index is 13.7. The van der Waals surface area contributed by atoms with Crippen molar-refractivity contribution in [1.82, 2.24) is 10.6 Å². The van der Waals surface area contributed by atoms with Crippen molar-refractivity contribution in [3.8, 4) is 12.3 Å². The molecule has 0 heterocycles. The molecule has 0 aliphatic carbocycles. The molecule has 3 N–H and O–H groups in total. The zero-order valence-corrected chi connectivity index (χ0v) is 17.3. The third-order valence-electron chi connectivity index (χ3n) is 3.44. The van der Waals surface area contributed by atoms with Crippen LogP contribution in [0.4, 0.5) is 10.1 Å². The first-order valence-corrected chi connectivity index (χ1v) is 8.24. The molecule has 2 rings (SSSR count). The highest BCUT2D eigenvalue weighted by Gasteiger charge is 2.06. The number of hydrogen-bond acceptors (Lipinski definition) is 2. The Hall–Kier alpha value is -2.60. The number of rotatable bonds is 6. The Morgan fingerprint density at radius 2 is 1.96 bits per heavy atom. The van der Waals surface area contributed by atoms with Gasteiger partial charge in [-0.2, -0.15) is 0 Å². The van der Waals surface area contributed by atoms with E-state index < -0.39 is 0 Å². The van der Waals surface area contributed by atoms with Crippen LogP contribution in [0.5, 0.6) is 0 Å². The van der Waals surface area contributed by atoms with Crippen LogP contribution in [0.25, 0.3) is 0 Å². The SMILES string of the molecule is C#Cc1cccc(NC(=O)CNC(=NCc2ccccc2F)NCC)c1.I. The smallest absolute Gasteiger partial charge is 0.243 e. The van der Waals surface area contributed by atoms with Gasteiger partial charge in [0.1, 0.15) is 5.82 Å². The minimum Gasteiger partial charge on any atom is -0.357 e. The Bertz CT molecular complexity index is 833. The molecule has 0 spiro atoms. The van der Waals surface area contributed by atoms with Crippen LogP contribution >= 0.6 is 24.0 Å². The molecule has 0 aliphatic heterocycles. The Kier molecular flexibility index (Phi) is 9.90. The van der Waals surface area contributed by atoms with E-state index >= 15 is 0 Å². The second-order valence-corrected chi connectivity index (χ2v) is 5.41. The zero-order valence-electron chi connectivity index (χ0n) is 15.0. The summed E-state index contributed by atoms with van der Waals surface area (Å²) in [6, 6.07) is 13.5. The monoisotopic (exact) mass is 480 g/mol. The molecule has 0 bridgehead atoms. The topological polar surface area (TPSA) is 65.5 Å². The summed E-state index contributed by atoms with van der Waals surface area (Å²) in [7, 11) is 0. The predicted octanol–water partition coefficient (Wildman–Crippen LogP) is 3.12.